The highest BCUT2D eigenvalue weighted by Crippen LogP contribution is 2.14. The number of aryl methyl sites for hydroxylation is 2. The number of nitrogens with zero attached hydrogens (tertiary/aromatic N) is 3. The molecule has 1 aromatic heterocycles. The zero-order valence-electron chi connectivity index (χ0n) is 12.2. The van der Waals surface area contributed by atoms with E-state index in [2.05, 4.69) is 23.9 Å². The number of nitrogens with two attached hydrogens (primary N) is 1. The van der Waals surface area contributed by atoms with Gasteiger partial charge in [-0.3, -0.25) is 10.3 Å². The molecule has 20 heavy (non-hydrogen) atoms. The van der Waals surface area contributed by atoms with Crippen LogP contribution in [0.5, 0.6) is 0 Å². The van der Waals surface area contributed by atoms with Crippen LogP contribution in [0, 0.1) is 12.3 Å². The molecule has 5 heteroatoms. The first-order valence-electron chi connectivity index (χ1n) is 6.56. The number of nitrogen functional groups attached to an aromatic ring is 1. The Bertz CT molecular complexity index is 614. The summed E-state index contributed by atoms with van der Waals surface area (Å²) in [5.74, 6) is 1.16. The van der Waals surface area contributed by atoms with E-state index in [1.807, 2.05) is 42.2 Å². The average Bonchev–Trinajstić information content (AvgIpc) is 2.77. The summed E-state index contributed by atoms with van der Waals surface area (Å²) in [6.07, 6.45) is 3.77. The minimum atomic E-state index is 0.112. The van der Waals surface area contributed by atoms with E-state index >= 15 is 0 Å². The summed E-state index contributed by atoms with van der Waals surface area (Å²) in [6.45, 7) is 3.70. The molecule has 106 valence electrons. The third-order valence-corrected chi connectivity index (χ3v) is 3.43. The highest BCUT2D eigenvalue weighted by atomic mass is 15.1. The Labute approximate surface area is 119 Å². The van der Waals surface area contributed by atoms with Crippen molar-refractivity contribution in [3.05, 3.63) is 53.1 Å². The molecule has 0 spiro atoms. The fourth-order valence-corrected chi connectivity index (χ4v) is 2.18. The van der Waals surface area contributed by atoms with Crippen LogP contribution in [0.4, 0.5) is 0 Å². The highest BCUT2D eigenvalue weighted by molar-refractivity contribution is 5.95. The van der Waals surface area contributed by atoms with Gasteiger partial charge in [0.05, 0.1) is 6.54 Å². The molecule has 1 heterocycles. The maximum atomic E-state index is 7.45. The highest BCUT2D eigenvalue weighted by Gasteiger charge is 2.08. The fraction of sp³-hybridized carbons (Fsp3) is 0.333. The van der Waals surface area contributed by atoms with Crippen molar-refractivity contribution in [1.29, 1.82) is 5.41 Å². The maximum Gasteiger partial charge on any atom is 0.122 e. The summed E-state index contributed by atoms with van der Waals surface area (Å²) in [5.41, 5.74) is 8.68. The molecule has 2 rings (SSSR count). The number of hydrogen-bond acceptors (Lipinski definition) is 3. The smallest absolute Gasteiger partial charge is 0.122 e. The lowest BCUT2D eigenvalue weighted by molar-refractivity contribution is 0.306. The van der Waals surface area contributed by atoms with Crippen LogP contribution in [-0.4, -0.2) is 27.3 Å². The number of aromatic nitrogens is 2. The molecule has 0 aliphatic carbocycles. The predicted octanol–water partition coefficient (Wildman–Crippen LogP) is 1.64. The van der Waals surface area contributed by atoms with Gasteiger partial charge in [-0.25, -0.2) is 4.98 Å². The Morgan fingerprint density at radius 3 is 2.70 bits per heavy atom. The van der Waals surface area contributed by atoms with Crippen molar-refractivity contribution in [2.24, 2.45) is 12.8 Å². The van der Waals surface area contributed by atoms with E-state index in [0.29, 0.717) is 0 Å². The van der Waals surface area contributed by atoms with Gasteiger partial charge in [0, 0.05) is 31.5 Å². The van der Waals surface area contributed by atoms with E-state index in [-0.39, 0.29) is 5.84 Å². The van der Waals surface area contributed by atoms with Crippen molar-refractivity contribution in [2.45, 2.75) is 20.0 Å². The van der Waals surface area contributed by atoms with Crippen molar-refractivity contribution < 1.29 is 0 Å². The molecule has 3 N–H and O–H groups in total. The average molecular weight is 271 g/mol. The quantitative estimate of drug-likeness (QED) is 0.641. The molecular weight excluding hydrogens is 250 g/mol. The van der Waals surface area contributed by atoms with Crippen LogP contribution in [0.2, 0.25) is 0 Å². The van der Waals surface area contributed by atoms with Crippen LogP contribution >= 0.6 is 0 Å². The molecule has 0 atom stereocenters. The lowest BCUT2D eigenvalue weighted by Crippen LogP contribution is -2.20. The number of rotatable bonds is 5. The monoisotopic (exact) mass is 271 g/mol. The second-order valence-corrected chi connectivity index (χ2v) is 5.18. The van der Waals surface area contributed by atoms with E-state index in [1.165, 1.54) is 5.56 Å². The van der Waals surface area contributed by atoms with Crippen LogP contribution in [-0.2, 0) is 20.1 Å². The molecule has 1 aromatic carbocycles. The van der Waals surface area contributed by atoms with E-state index in [9.17, 15) is 0 Å². The van der Waals surface area contributed by atoms with Crippen LogP contribution in [0.3, 0.4) is 0 Å². The summed E-state index contributed by atoms with van der Waals surface area (Å²) in [4.78, 5) is 6.55. The largest absolute Gasteiger partial charge is 0.384 e. The van der Waals surface area contributed by atoms with Gasteiger partial charge in [-0.05, 0) is 31.2 Å². The van der Waals surface area contributed by atoms with Crippen molar-refractivity contribution >= 4 is 5.84 Å². The second kappa shape index (κ2) is 5.88. The summed E-state index contributed by atoms with van der Waals surface area (Å²) in [5, 5.41) is 7.45. The van der Waals surface area contributed by atoms with Gasteiger partial charge in [-0.1, -0.05) is 12.1 Å². The van der Waals surface area contributed by atoms with Crippen LogP contribution in [0.25, 0.3) is 0 Å². The number of hydrogen-bond donors (Lipinski definition) is 2. The zero-order chi connectivity index (χ0) is 14.7. The molecule has 0 amide bonds. The molecule has 0 aliphatic heterocycles. The Hall–Kier alpha value is -2.14. The Morgan fingerprint density at radius 2 is 2.15 bits per heavy atom. The Kier molecular flexibility index (Phi) is 4.20. The van der Waals surface area contributed by atoms with Crippen molar-refractivity contribution in [1.82, 2.24) is 14.5 Å². The van der Waals surface area contributed by atoms with Gasteiger partial charge in [0.1, 0.15) is 11.7 Å². The number of amidine groups is 1. The minimum Gasteiger partial charge on any atom is -0.384 e. The van der Waals surface area contributed by atoms with Gasteiger partial charge >= 0.3 is 0 Å². The van der Waals surface area contributed by atoms with E-state index < -0.39 is 0 Å². The summed E-state index contributed by atoms with van der Waals surface area (Å²) in [7, 11) is 4.08. The molecule has 0 unspecified atom stereocenters. The molecule has 0 aliphatic rings. The van der Waals surface area contributed by atoms with E-state index in [4.69, 9.17) is 11.1 Å². The van der Waals surface area contributed by atoms with Crippen molar-refractivity contribution in [2.75, 3.05) is 7.05 Å². The van der Waals surface area contributed by atoms with Gasteiger partial charge in [0.25, 0.3) is 0 Å². The lowest BCUT2D eigenvalue weighted by atomic mass is 10.0. The van der Waals surface area contributed by atoms with Crippen molar-refractivity contribution in [3.8, 4) is 0 Å². The maximum absolute atomic E-state index is 7.45. The lowest BCUT2D eigenvalue weighted by Gasteiger charge is -2.18. The zero-order valence-corrected chi connectivity index (χ0v) is 12.2. The summed E-state index contributed by atoms with van der Waals surface area (Å²) < 4.78 is 2.03. The second-order valence-electron chi connectivity index (χ2n) is 5.18. The molecule has 0 fully saturated rings. The third-order valence-electron chi connectivity index (χ3n) is 3.43. The van der Waals surface area contributed by atoms with Crippen LogP contribution in [0.15, 0.2) is 30.6 Å². The minimum absolute atomic E-state index is 0.112. The van der Waals surface area contributed by atoms with Gasteiger partial charge in [0.15, 0.2) is 0 Å². The third kappa shape index (κ3) is 3.24. The van der Waals surface area contributed by atoms with Crippen molar-refractivity contribution in [3.63, 3.8) is 0 Å². The van der Waals surface area contributed by atoms with E-state index in [1.54, 1.807) is 0 Å². The molecule has 0 bridgehead atoms. The normalized spacial score (nSPS) is 11.0. The first-order chi connectivity index (χ1) is 9.47. The Morgan fingerprint density at radius 1 is 1.40 bits per heavy atom. The van der Waals surface area contributed by atoms with E-state index in [0.717, 1.165) is 30.0 Å². The molecule has 0 saturated carbocycles. The van der Waals surface area contributed by atoms with Gasteiger partial charge in [-0.2, -0.15) is 0 Å². The first-order valence-corrected chi connectivity index (χ1v) is 6.56. The molecule has 0 radical (unpaired) electrons. The van der Waals surface area contributed by atoms with Crippen LogP contribution < -0.4 is 5.73 Å². The summed E-state index contributed by atoms with van der Waals surface area (Å²) in [6, 6.07) is 5.91. The summed E-state index contributed by atoms with van der Waals surface area (Å²) >= 11 is 0. The topological polar surface area (TPSA) is 70.9 Å². The molecule has 5 nitrogen and oxygen atoms in total. The molecule has 0 saturated heterocycles. The number of imidazole rings is 1. The predicted molar refractivity (Wildman–Crippen MR) is 80.6 cm³/mol. The number of benzene rings is 1. The molecule has 2 aromatic rings. The molecular formula is C15H21N5. The standard InChI is InChI=1S/C15H21N5/c1-11-8-12(15(16)17)4-5-13(11)9-19(2)10-14-18-6-7-20(14)3/h4-8H,9-10H2,1-3H3,(H3,16,17). The van der Waals surface area contributed by atoms with Gasteiger partial charge in [0.2, 0.25) is 0 Å². The number of nitrogens with one attached hydrogen (secondary N) is 1. The first kappa shape index (κ1) is 14.3. The fourth-order valence-electron chi connectivity index (χ4n) is 2.18. The Balaban J connectivity index is 2.06. The van der Waals surface area contributed by atoms with Crippen LogP contribution in [0.1, 0.15) is 22.5 Å². The van der Waals surface area contributed by atoms with Gasteiger partial charge in [-0.15, -0.1) is 0 Å². The SMILES string of the molecule is Cc1cc(C(=N)N)ccc1CN(C)Cc1nccn1C. The van der Waals surface area contributed by atoms with Gasteiger partial charge < -0.3 is 10.3 Å².